The van der Waals surface area contributed by atoms with E-state index in [4.69, 9.17) is 4.74 Å². The summed E-state index contributed by atoms with van der Waals surface area (Å²) in [6.45, 7) is 0.603. The smallest absolute Gasteiger partial charge is 0.284 e. The second-order valence-corrected chi connectivity index (χ2v) is 10.00. The molecule has 0 saturated carbocycles. The van der Waals surface area contributed by atoms with Crippen LogP contribution < -0.4 is 4.74 Å². The molecular formula is C18H21BrN2O6S2. The number of nitro benzene ring substituents is 1. The third-order valence-corrected chi connectivity index (χ3v) is 5.78. The van der Waals surface area contributed by atoms with E-state index >= 15 is 0 Å². The molecule has 0 N–H and O–H groups in total. The third-order valence-electron chi connectivity index (χ3n) is 3.51. The van der Waals surface area contributed by atoms with Crippen LogP contribution in [0.4, 0.5) is 5.69 Å². The lowest BCUT2D eigenvalue weighted by Crippen LogP contribution is -2.13. The van der Waals surface area contributed by atoms with Crippen LogP contribution in [0.3, 0.4) is 0 Å². The molecule has 0 heterocycles. The third kappa shape index (κ3) is 7.94. The van der Waals surface area contributed by atoms with Crippen molar-refractivity contribution in [2.45, 2.75) is 16.3 Å². The fraction of sp³-hybridized carbons (Fsp3) is 0.333. The van der Waals surface area contributed by atoms with Gasteiger partial charge >= 0.3 is 0 Å². The molecule has 8 nitrogen and oxygen atoms in total. The van der Waals surface area contributed by atoms with Crippen molar-refractivity contribution < 1.29 is 22.3 Å². The molecule has 0 aliphatic heterocycles. The summed E-state index contributed by atoms with van der Waals surface area (Å²) in [5.41, 5.74) is 0.956. The molecule has 0 unspecified atom stereocenters. The lowest BCUT2D eigenvalue weighted by molar-refractivity contribution is -0.387. The van der Waals surface area contributed by atoms with Crippen LogP contribution in [0.25, 0.3) is 0 Å². The van der Waals surface area contributed by atoms with Gasteiger partial charge in [0.1, 0.15) is 19.0 Å². The molecule has 0 aromatic heterocycles. The maximum absolute atomic E-state index is 11.4. The predicted octanol–water partition coefficient (Wildman–Crippen LogP) is 3.93. The summed E-state index contributed by atoms with van der Waals surface area (Å²) in [5, 5.41) is 11.4. The summed E-state index contributed by atoms with van der Waals surface area (Å²) >= 11 is 4.58. The second-order valence-electron chi connectivity index (χ2n) is 6.35. The largest absolute Gasteiger partial charge is 0.491 e. The molecule has 0 spiro atoms. The van der Waals surface area contributed by atoms with Crippen LogP contribution in [-0.2, 0) is 20.8 Å². The zero-order valence-corrected chi connectivity index (χ0v) is 19.3. The minimum atomic E-state index is -3.51. The van der Waals surface area contributed by atoms with Gasteiger partial charge in [0.2, 0.25) is 0 Å². The van der Waals surface area contributed by atoms with Crippen molar-refractivity contribution in [3.05, 3.63) is 56.5 Å². The van der Waals surface area contributed by atoms with Gasteiger partial charge in [0, 0.05) is 22.0 Å². The van der Waals surface area contributed by atoms with E-state index in [0.717, 1.165) is 16.7 Å². The molecule has 0 saturated heterocycles. The zero-order valence-electron chi connectivity index (χ0n) is 16.1. The quantitative estimate of drug-likeness (QED) is 0.207. The Kier molecular flexibility index (Phi) is 8.46. The Balaban J connectivity index is 2.22. The van der Waals surface area contributed by atoms with E-state index in [-0.39, 0.29) is 18.9 Å². The van der Waals surface area contributed by atoms with Gasteiger partial charge in [-0.2, -0.15) is 8.42 Å². The SMILES string of the molecule is CN(C)Cc1cc(OCCOS(C)(=O)=O)ccc1Sc1ccc(Br)cc1[N+](=O)[O-]. The molecule has 0 bridgehead atoms. The molecule has 2 aromatic carbocycles. The molecule has 0 aliphatic carbocycles. The number of rotatable bonds is 10. The van der Waals surface area contributed by atoms with Crippen molar-refractivity contribution in [3.8, 4) is 5.75 Å². The van der Waals surface area contributed by atoms with Crippen LogP contribution in [0.5, 0.6) is 5.75 Å². The first-order valence-electron chi connectivity index (χ1n) is 8.42. The molecular weight excluding hydrogens is 484 g/mol. The highest BCUT2D eigenvalue weighted by molar-refractivity contribution is 9.10. The Bertz CT molecular complexity index is 982. The first-order valence-corrected chi connectivity index (χ1v) is 11.8. The summed E-state index contributed by atoms with van der Waals surface area (Å²) < 4.78 is 32.9. The van der Waals surface area contributed by atoms with E-state index in [1.54, 1.807) is 18.2 Å². The van der Waals surface area contributed by atoms with Crippen LogP contribution in [0.15, 0.2) is 50.7 Å². The van der Waals surface area contributed by atoms with Gasteiger partial charge in [0.15, 0.2) is 0 Å². The molecule has 0 fully saturated rings. The average Bonchev–Trinajstić information content (AvgIpc) is 2.60. The van der Waals surface area contributed by atoms with E-state index in [0.29, 0.717) is 21.7 Å². The van der Waals surface area contributed by atoms with Gasteiger partial charge in [0.05, 0.1) is 16.1 Å². The van der Waals surface area contributed by atoms with Crippen LogP contribution in [0.2, 0.25) is 0 Å². The van der Waals surface area contributed by atoms with Crippen molar-refractivity contribution in [2.24, 2.45) is 0 Å². The van der Waals surface area contributed by atoms with Crippen molar-refractivity contribution >= 4 is 43.5 Å². The fourth-order valence-electron chi connectivity index (χ4n) is 2.39. The molecule has 0 amide bonds. The van der Waals surface area contributed by atoms with Gasteiger partial charge in [-0.25, -0.2) is 0 Å². The van der Waals surface area contributed by atoms with Gasteiger partial charge in [-0.15, -0.1) is 0 Å². The fourth-order valence-corrected chi connectivity index (χ4v) is 4.11. The summed E-state index contributed by atoms with van der Waals surface area (Å²) in [4.78, 5) is 14.4. The normalized spacial score (nSPS) is 11.6. The van der Waals surface area contributed by atoms with Gasteiger partial charge in [-0.1, -0.05) is 27.7 Å². The lowest BCUT2D eigenvalue weighted by atomic mass is 10.2. The van der Waals surface area contributed by atoms with Crippen LogP contribution in [0.1, 0.15) is 5.56 Å². The highest BCUT2D eigenvalue weighted by Gasteiger charge is 2.17. The summed E-state index contributed by atoms with van der Waals surface area (Å²) in [6, 6.07) is 10.4. The average molecular weight is 505 g/mol. The van der Waals surface area contributed by atoms with Gasteiger partial charge < -0.3 is 9.64 Å². The van der Waals surface area contributed by atoms with Crippen molar-refractivity contribution in [1.82, 2.24) is 4.90 Å². The molecule has 11 heteroatoms. The highest BCUT2D eigenvalue weighted by Crippen LogP contribution is 2.39. The molecule has 2 aromatic rings. The number of benzene rings is 2. The Morgan fingerprint density at radius 2 is 1.83 bits per heavy atom. The summed E-state index contributed by atoms with van der Waals surface area (Å²) in [7, 11) is 0.335. The Morgan fingerprint density at radius 3 is 2.45 bits per heavy atom. The monoisotopic (exact) mass is 504 g/mol. The molecule has 2 rings (SSSR count). The summed E-state index contributed by atoms with van der Waals surface area (Å²) in [6.07, 6.45) is 0.982. The Morgan fingerprint density at radius 1 is 1.14 bits per heavy atom. The topological polar surface area (TPSA) is 99.0 Å². The number of hydrogen-bond acceptors (Lipinski definition) is 8. The van der Waals surface area contributed by atoms with E-state index in [2.05, 4.69) is 20.1 Å². The van der Waals surface area contributed by atoms with Crippen LogP contribution in [-0.4, -0.2) is 51.8 Å². The molecule has 0 atom stereocenters. The zero-order chi connectivity index (χ0) is 21.6. The standard InChI is InChI=1S/C18H21BrN2O6S2/c1-20(2)12-13-10-15(26-8-9-27-29(3,24)25)5-7-17(13)28-18-6-4-14(19)11-16(18)21(22)23/h4-7,10-11H,8-9,12H2,1-3H3. The second kappa shape index (κ2) is 10.4. The number of nitro groups is 1. The maximum atomic E-state index is 11.4. The number of nitrogens with zero attached hydrogens (tertiary/aromatic N) is 2. The minimum Gasteiger partial charge on any atom is -0.491 e. The lowest BCUT2D eigenvalue weighted by Gasteiger charge is -2.16. The number of hydrogen-bond donors (Lipinski definition) is 0. The van der Waals surface area contributed by atoms with Gasteiger partial charge in [0.25, 0.3) is 15.8 Å². The van der Waals surface area contributed by atoms with E-state index in [1.165, 1.54) is 17.8 Å². The first kappa shape index (κ1) is 23.6. The Hall–Kier alpha value is -1.66. The van der Waals surface area contributed by atoms with E-state index in [9.17, 15) is 18.5 Å². The highest BCUT2D eigenvalue weighted by atomic mass is 79.9. The van der Waals surface area contributed by atoms with Crippen LogP contribution in [0, 0.1) is 10.1 Å². The van der Waals surface area contributed by atoms with Crippen molar-refractivity contribution in [3.63, 3.8) is 0 Å². The predicted molar refractivity (Wildman–Crippen MR) is 115 cm³/mol. The van der Waals surface area contributed by atoms with Gasteiger partial charge in [-0.05, 0) is 50.0 Å². The molecule has 0 aliphatic rings. The molecule has 29 heavy (non-hydrogen) atoms. The maximum Gasteiger partial charge on any atom is 0.284 e. The van der Waals surface area contributed by atoms with Gasteiger partial charge in [-0.3, -0.25) is 14.3 Å². The van der Waals surface area contributed by atoms with Crippen molar-refractivity contribution in [1.29, 1.82) is 0 Å². The van der Waals surface area contributed by atoms with Crippen LogP contribution >= 0.6 is 27.7 Å². The van der Waals surface area contributed by atoms with E-state index in [1.807, 2.05) is 31.1 Å². The number of halogens is 1. The van der Waals surface area contributed by atoms with Crippen molar-refractivity contribution in [2.75, 3.05) is 33.6 Å². The summed E-state index contributed by atoms with van der Waals surface area (Å²) in [5.74, 6) is 0.564. The Labute approximate surface area is 182 Å². The van der Waals surface area contributed by atoms with E-state index < -0.39 is 15.0 Å². The molecule has 0 radical (unpaired) electrons. The number of ether oxygens (including phenoxy) is 1. The minimum absolute atomic E-state index is 0.0263. The molecule has 158 valence electrons. The first-order chi connectivity index (χ1) is 13.5.